The van der Waals surface area contributed by atoms with Crippen LogP contribution in [-0.4, -0.2) is 49.0 Å². The maximum absolute atomic E-state index is 15.5. The van der Waals surface area contributed by atoms with Gasteiger partial charge in [0.1, 0.15) is 11.6 Å². The number of nitrogens with zero attached hydrogens (tertiary/aromatic N) is 11. The molecule has 0 radical (unpaired) electrons. The van der Waals surface area contributed by atoms with Gasteiger partial charge in [-0.05, 0) is 127 Å². The Morgan fingerprint density at radius 2 is 0.697 bits per heavy atom. The summed E-state index contributed by atoms with van der Waals surface area (Å²) < 4.78 is 35.0. The molecule has 0 saturated heterocycles. The molecule has 12 rings (SSSR count). The van der Waals surface area contributed by atoms with Gasteiger partial charge in [0.2, 0.25) is 5.69 Å². The van der Waals surface area contributed by atoms with E-state index in [1.807, 2.05) is 88.0 Å². The predicted molar refractivity (Wildman–Crippen MR) is 251 cm³/mol. The fourth-order valence-corrected chi connectivity index (χ4v) is 8.87. The SMILES string of the molecule is [C-]#[N+]c1cc(-n2c3ccc(-c4ncccn4)cc3c3cc(-c4ncccn4)ccc32)c(-c2cc(F)cc(F)c2)cc1-n1c2ccc(-c3ncccn3)cc2c2cc(-c3ncccn3)ccc21. The Kier molecular flexibility index (Phi) is 8.95. The van der Waals surface area contributed by atoms with E-state index in [2.05, 4.69) is 44.7 Å². The van der Waals surface area contributed by atoms with Crippen molar-refractivity contribution in [1.82, 2.24) is 49.0 Å². The second kappa shape index (κ2) is 15.4. The first-order valence-electron chi connectivity index (χ1n) is 20.8. The van der Waals surface area contributed by atoms with Crippen molar-refractivity contribution in [3.63, 3.8) is 0 Å². The van der Waals surface area contributed by atoms with Gasteiger partial charge in [0.15, 0.2) is 23.3 Å². The molecule has 0 aliphatic carbocycles. The Balaban J connectivity index is 1.16. The van der Waals surface area contributed by atoms with Crippen LogP contribution in [-0.2, 0) is 0 Å². The fourth-order valence-electron chi connectivity index (χ4n) is 8.87. The summed E-state index contributed by atoms with van der Waals surface area (Å²) in [6.45, 7) is 8.76. The van der Waals surface area contributed by atoms with Crippen LogP contribution < -0.4 is 0 Å². The lowest BCUT2D eigenvalue weighted by molar-refractivity contribution is 0.584. The van der Waals surface area contributed by atoms with Gasteiger partial charge < -0.3 is 9.13 Å². The summed E-state index contributed by atoms with van der Waals surface area (Å²) in [5.74, 6) is 0.743. The fraction of sp³-hybridized carbons (Fsp3) is 0. The van der Waals surface area contributed by atoms with Crippen LogP contribution in [0.4, 0.5) is 14.5 Å². The number of hydrogen-bond acceptors (Lipinski definition) is 8. The van der Waals surface area contributed by atoms with Gasteiger partial charge >= 0.3 is 0 Å². The van der Waals surface area contributed by atoms with E-state index in [-0.39, 0.29) is 5.56 Å². The summed E-state index contributed by atoms with van der Waals surface area (Å²) in [6.07, 6.45) is 13.6. The minimum atomic E-state index is -0.739. The van der Waals surface area contributed by atoms with Crippen LogP contribution in [0.25, 0.3) is 117 Å². The molecule has 0 bridgehead atoms. The largest absolute Gasteiger partial charge is 0.319 e. The molecule has 6 aromatic carbocycles. The highest BCUT2D eigenvalue weighted by molar-refractivity contribution is 6.14. The zero-order valence-corrected chi connectivity index (χ0v) is 34.4. The first-order chi connectivity index (χ1) is 32.5. The molecule has 6 aromatic heterocycles. The van der Waals surface area contributed by atoms with Crippen molar-refractivity contribution >= 4 is 49.3 Å². The van der Waals surface area contributed by atoms with E-state index in [4.69, 9.17) is 6.57 Å². The van der Waals surface area contributed by atoms with Crippen molar-refractivity contribution in [3.05, 3.63) is 200 Å². The Morgan fingerprint density at radius 1 is 0.364 bits per heavy atom. The van der Waals surface area contributed by atoms with Crippen LogP contribution in [0.3, 0.4) is 0 Å². The molecule has 0 saturated carbocycles. The number of hydrogen-bond donors (Lipinski definition) is 0. The summed E-state index contributed by atoms with van der Waals surface area (Å²) >= 11 is 0. The van der Waals surface area contributed by atoms with Gasteiger partial charge in [0.25, 0.3) is 0 Å². The van der Waals surface area contributed by atoms with Gasteiger partial charge in [0.05, 0.1) is 34.3 Å². The molecule has 0 unspecified atom stereocenters. The maximum Gasteiger partial charge on any atom is 0.212 e. The standard InChI is InChI=1S/C53H29F2N11/c1-56-43-30-48(65-44-10-6-31(50-57-14-2-15-58-50)24-39(44)40-25-32(7-11-45(40)65)51-59-16-3-17-60-51)38(35-22-36(54)28-37(55)23-35)29-49(43)66-46-12-8-33(52-61-18-4-19-62-52)26-41(46)42-27-34(9-13-47(42)66)53-63-20-5-21-64-53/h2-30H. The summed E-state index contributed by atoms with van der Waals surface area (Å²) in [7, 11) is 0. The minimum absolute atomic E-state index is 0.284. The third-order valence-electron chi connectivity index (χ3n) is 11.7. The predicted octanol–water partition coefficient (Wildman–Crippen LogP) is 12.2. The highest BCUT2D eigenvalue weighted by Crippen LogP contribution is 2.45. The van der Waals surface area contributed by atoms with Gasteiger partial charge in [-0.3, -0.25) is 0 Å². The highest BCUT2D eigenvalue weighted by Gasteiger charge is 2.24. The van der Waals surface area contributed by atoms with Gasteiger partial charge in [0, 0.05) is 111 Å². The number of halogens is 2. The molecule has 13 heteroatoms. The van der Waals surface area contributed by atoms with Crippen molar-refractivity contribution in [2.75, 3.05) is 0 Å². The maximum atomic E-state index is 15.5. The molecule has 0 atom stereocenters. The smallest absolute Gasteiger partial charge is 0.212 e. The monoisotopic (exact) mass is 857 g/mol. The van der Waals surface area contributed by atoms with Crippen molar-refractivity contribution in [2.24, 2.45) is 0 Å². The molecule has 0 fully saturated rings. The van der Waals surface area contributed by atoms with E-state index >= 15 is 8.78 Å². The van der Waals surface area contributed by atoms with Gasteiger partial charge in [-0.15, -0.1) is 0 Å². The summed E-state index contributed by atoms with van der Waals surface area (Å²) in [5, 5.41) is 3.45. The molecule has 6 heterocycles. The van der Waals surface area contributed by atoms with E-state index in [0.717, 1.165) is 71.9 Å². The molecule has 0 amide bonds. The van der Waals surface area contributed by atoms with E-state index in [1.54, 1.807) is 79.9 Å². The van der Waals surface area contributed by atoms with Gasteiger partial charge in [-0.25, -0.2) is 53.5 Å². The lowest BCUT2D eigenvalue weighted by Crippen LogP contribution is -2.02. The molecular formula is C53H29F2N11. The van der Waals surface area contributed by atoms with Crippen molar-refractivity contribution < 1.29 is 8.78 Å². The highest BCUT2D eigenvalue weighted by atomic mass is 19.1. The van der Waals surface area contributed by atoms with Gasteiger partial charge in [-0.2, -0.15) is 0 Å². The third-order valence-corrected chi connectivity index (χ3v) is 11.7. The third kappa shape index (κ3) is 6.39. The number of aromatic nitrogens is 10. The van der Waals surface area contributed by atoms with E-state index in [9.17, 15) is 0 Å². The van der Waals surface area contributed by atoms with Crippen LogP contribution in [0.15, 0.2) is 177 Å². The average molecular weight is 858 g/mol. The molecule has 0 spiro atoms. The number of fused-ring (bicyclic) bond motifs is 6. The zero-order valence-electron chi connectivity index (χ0n) is 34.4. The van der Waals surface area contributed by atoms with Crippen LogP contribution >= 0.6 is 0 Å². The molecule has 11 nitrogen and oxygen atoms in total. The first kappa shape index (κ1) is 38.3. The molecule has 12 aromatic rings. The average Bonchev–Trinajstić information content (AvgIpc) is 3.87. The number of rotatable bonds is 7. The summed E-state index contributed by atoms with van der Waals surface area (Å²) in [6, 6.07) is 38.1. The van der Waals surface area contributed by atoms with Crippen molar-refractivity contribution in [2.45, 2.75) is 0 Å². The Bertz CT molecular complexity index is 3690. The van der Waals surface area contributed by atoms with Crippen LogP contribution in [0.5, 0.6) is 0 Å². The van der Waals surface area contributed by atoms with E-state index in [0.29, 0.717) is 45.9 Å². The Hall–Kier alpha value is -9.41. The Morgan fingerprint density at radius 3 is 1.03 bits per heavy atom. The first-order valence-corrected chi connectivity index (χ1v) is 20.8. The molecule has 0 aliphatic rings. The van der Waals surface area contributed by atoms with Crippen LogP contribution in [0.2, 0.25) is 0 Å². The summed E-state index contributed by atoms with van der Waals surface area (Å²) in [5.41, 5.74) is 8.43. The second-order valence-corrected chi connectivity index (χ2v) is 15.5. The molecule has 0 N–H and O–H groups in total. The quantitative estimate of drug-likeness (QED) is 0.145. The van der Waals surface area contributed by atoms with Crippen molar-refractivity contribution in [3.8, 4) is 68.1 Å². The van der Waals surface area contributed by atoms with Crippen LogP contribution in [0, 0.1) is 18.2 Å². The molecular weight excluding hydrogens is 829 g/mol. The summed E-state index contributed by atoms with van der Waals surface area (Å²) in [4.78, 5) is 40.3. The molecule has 310 valence electrons. The molecule has 0 aliphatic heterocycles. The van der Waals surface area contributed by atoms with E-state index < -0.39 is 11.6 Å². The zero-order chi connectivity index (χ0) is 44.3. The van der Waals surface area contributed by atoms with Crippen molar-refractivity contribution in [1.29, 1.82) is 0 Å². The topological polar surface area (TPSA) is 117 Å². The Labute approximate surface area is 373 Å². The minimum Gasteiger partial charge on any atom is -0.319 e. The number of benzene rings is 6. The second-order valence-electron chi connectivity index (χ2n) is 15.5. The van der Waals surface area contributed by atoms with E-state index in [1.165, 1.54) is 12.1 Å². The normalized spacial score (nSPS) is 11.5. The van der Waals surface area contributed by atoms with Crippen LogP contribution in [0.1, 0.15) is 0 Å². The lowest BCUT2D eigenvalue weighted by atomic mass is 10.0. The lowest BCUT2D eigenvalue weighted by Gasteiger charge is -2.19. The van der Waals surface area contributed by atoms with Gasteiger partial charge in [-0.1, -0.05) is 0 Å². The molecule has 66 heavy (non-hydrogen) atoms.